The zero-order valence-electron chi connectivity index (χ0n) is 10.9. The average Bonchev–Trinajstić information content (AvgIpc) is 3.00. The van der Waals surface area contributed by atoms with E-state index in [1.165, 1.54) is 51.6 Å². The van der Waals surface area contributed by atoms with Crippen LogP contribution in [-0.4, -0.2) is 35.1 Å². The van der Waals surface area contributed by atoms with E-state index in [9.17, 15) is 5.11 Å². The first kappa shape index (κ1) is 15.7. The van der Waals surface area contributed by atoms with Gasteiger partial charge in [-0.2, -0.15) is 0 Å². The Bertz CT molecular complexity index is 267. The molecular formula is C13H21IKNO. The smallest absolute Gasteiger partial charge is 0.854 e. The Morgan fingerprint density at radius 2 is 1.71 bits per heavy atom. The molecule has 92 valence electrons. The topological polar surface area (TPSA) is 26.3 Å². The molecule has 0 amide bonds. The third kappa shape index (κ3) is 3.49. The van der Waals surface area contributed by atoms with Crippen molar-refractivity contribution in [2.24, 2.45) is 10.8 Å². The third-order valence-corrected chi connectivity index (χ3v) is 5.93. The van der Waals surface area contributed by atoms with Gasteiger partial charge in [-0.05, 0) is 62.4 Å². The maximum absolute atomic E-state index is 11.1. The van der Waals surface area contributed by atoms with Crippen molar-refractivity contribution in [2.75, 3.05) is 26.2 Å². The van der Waals surface area contributed by atoms with E-state index in [1.54, 1.807) is 0 Å². The second kappa shape index (κ2) is 5.96. The van der Waals surface area contributed by atoms with E-state index in [2.05, 4.69) is 27.5 Å². The van der Waals surface area contributed by atoms with Crippen LogP contribution in [0.1, 0.15) is 38.5 Å². The Labute approximate surface area is 161 Å². The van der Waals surface area contributed by atoms with Crippen molar-refractivity contribution in [1.82, 2.24) is 4.90 Å². The first-order chi connectivity index (χ1) is 7.65. The van der Waals surface area contributed by atoms with Gasteiger partial charge in [-0.15, -0.1) is 6.61 Å². The van der Waals surface area contributed by atoms with Gasteiger partial charge in [0.1, 0.15) is 0 Å². The number of likely N-dealkylation sites (tertiary alicyclic amines) is 1. The molecule has 0 aromatic carbocycles. The van der Waals surface area contributed by atoms with E-state index in [0.717, 1.165) is 15.9 Å². The molecule has 0 aromatic rings. The molecule has 17 heavy (non-hydrogen) atoms. The summed E-state index contributed by atoms with van der Waals surface area (Å²) in [5.41, 5.74) is 0.923. The third-order valence-electron chi connectivity index (χ3n) is 5.05. The summed E-state index contributed by atoms with van der Waals surface area (Å²) in [6.07, 6.45) is 8.06. The number of halogens is 1. The van der Waals surface area contributed by atoms with Gasteiger partial charge in [-0.25, -0.2) is 0 Å². The van der Waals surface area contributed by atoms with Gasteiger partial charge >= 0.3 is 51.4 Å². The Balaban J connectivity index is 0.00000108. The fraction of sp³-hybridized carbons (Fsp3) is 1.00. The quantitative estimate of drug-likeness (QED) is 0.353. The summed E-state index contributed by atoms with van der Waals surface area (Å²) >= 11 is 2.59. The fourth-order valence-electron chi connectivity index (χ4n) is 3.47. The van der Waals surface area contributed by atoms with E-state index in [4.69, 9.17) is 0 Å². The second-order valence-electron chi connectivity index (χ2n) is 6.43. The van der Waals surface area contributed by atoms with Gasteiger partial charge < -0.3 is 10.0 Å². The van der Waals surface area contributed by atoms with Crippen LogP contribution >= 0.6 is 22.6 Å². The normalized spacial score (nSPS) is 30.7. The molecule has 1 aliphatic heterocycles. The van der Waals surface area contributed by atoms with Crippen molar-refractivity contribution in [3.63, 3.8) is 0 Å². The van der Waals surface area contributed by atoms with Gasteiger partial charge in [-0.1, -0.05) is 22.6 Å². The van der Waals surface area contributed by atoms with Crippen LogP contribution in [0.15, 0.2) is 0 Å². The van der Waals surface area contributed by atoms with Crippen LogP contribution in [0, 0.1) is 10.8 Å². The van der Waals surface area contributed by atoms with Gasteiger partial charge in [0.05, 0.1) is 0 Å². The molecule has 3 fully saturated rings. The Morgan fingerprint density at radius 1 is 1.12 bits per heavy atom. The molecule has 0 bridgehead atoms. The van der Waals surface area contributed by atoms with Crippen LogP contribution in [0.2, 0.25) is 0 Å². The number of piperidine rings is 1. The summed E-state index contributed by atoms with van der Waals surface area (Å²) < 4.78 is 0.945. The molecule has 3 rings (SSSR count). The number of nitrogens with zero attached hydrogens (tertiary/aromatic N) is 1. The number of hydrogen-bond acceptors (Lipinski definition) is 2. The van der Waals surface area contributed by atoms with Crippen molar-refractivity contribution in [3.05, 3.63) is 0 Å². The first-order valence-corrected chi connectivity index (χ1v) is 7.85. The van der Waals surface area contributed by atoms with Crippen LogP contribution in [0.5, 0.6) is 0 Å². The Hall–Kier alpha value is 2.29. The van der Waals surface area contributed by atoms with Crippen LogP contribution in [0.3, 0.4) is 0 Å². The van der Waals surface area contributed by atoms with E-state index in [0.29, 0.717) is 0 Å². The van der Waals surface area contributed by atoms with Crippen LogP contribution in [-0.2, 0) is 0 Å². The van der Waals surface area contributed by atoms with Crippen molar-refractivity contribution < 1.29 is 56.5 Å². The molecule has 1 heterocycles. The molecule has 0 atom stereocenters. The zero-order chi connectivity index (χ0) is 11.2. The van der Waals surface area contributed by atoms with Crippen LogP contribution in [0.4, 0.5) is 0 Å². The molecule has 0 aromatic heterocycles. The Kier molecular flexibility index (Phi) is 5.49. The molecule has 3 aliphatic rings. The maximum atomic E-state index is 11.1. The minimum absolute atomic E-state index is 0. The van der Waals surface area contributed by atoms with Crippen molar-refractivity contribution in [3.8, 4) is 0 Å². The molecule has 1 spiro atoms. The van der Waals surface area contributed by atoms with Crippen molar-refractivity contribution in [2.45, 2.75) is 42.4 Å². The van der Waals surface area contributed by atoms with E-state index >= 15 is 0 Å². The summed E-state index contributed by atoms with van der Waals surface area (Å²) in [5, 5.41) is 11.1. The second-order valence-corrected chi connectivity index (χ2v) is 8.19. The first-order valence-electron chi connectivity index (χ1n) is 6.60. The molecule has 0 N–H and O–H groups in total. The maximum Gasteiger partial charge on any atom is 1.00 e. The average molecular weight is 373 g/mol. The molecule has 2 nitrogen and oxygen atoms in total. The summed E-state index contributed by atoms with van der Waals surface area (Å²) in [6, 6.07) is 0. The standard InChI is InChI=1S/C13H21INO.K/c14-11-7-12(8-11)3-5-15(6-4-12)9-13(10-16)1-2-13;/h11H,1-10H2;/q-1;+1. The molecular weight excluding hydrogens is 352 g/mol. The van der Waals surface area contributed by atoms with Crippen LogP contribution < -0.4 is 56.5 Å². The van der Waals surface area contributed by atoms with Gasteiger partial charge in [0.25, 0.3) is 0 Å². The van der Waals surface area contributed by atoms with Crippen molar-refractivity contribution in [1.29, 1.82) is 0 Å². The predicted molar refractivity (Wildman–Crippen MR) is 71.7 cm³/mol. The van der Waals surface area contributed by atoms with Gasteiger partial charge in [-0.3, -0.25) is 0 Å². The summed E-state index contributed by atoms with van der Waals surface area (Å²) in [5.74, 6) is 0. The molecule has 0 unspecified atom stereocenters. The van der Waals surface area contributed by atoms with Gasteiger partial charge in [0.15, 0.2) is 0 Å². The van der Waals surface area contributed by atoms with E-state index in [-0.39, 0.29) is 63.4 Å². The summed E-state index contributed by atoms with van der Waals surface area (Å²) in [7, 11) is 0. The molecule has 2 aliphatic carbocycles. The van der Waals surface area contributed by atoms with Gasteiger partial charge in [0, 0.05) is 10.5 Å². The molecule has 2 saturated carbocycles. The Morgan fingerprint density at radius 3 is 2.12 bits per heavy atom. The number of rotatable bonds is 3. The summed E-state index contributed by atoms with van der Waals surface area (Å²) in [4.78, 5) is 2.57. The molecule has 0 radical (unpaired) electrons. The molecule has 1 saturated heterocycles. The SMILES string of the molecule is [K+].[O-]CC1(CN2CCC3(CC2)CC(I)C3)CC1. The van der Waals surface area contributed by atoms with E-state index in [1.807, 2.05) is 0 Å². The number of alkyl halides is 1. The fourth-order valence-corrected chi connectivity index (χ4v) is 5.34. The monoisotopic (exact) mass is 373 g/mol. The summed E-state index contributed by atoms with van der Waals surface area (Å²) in [6.45, 7) is 3.76. The molecule has 4 heteroatoms. The predicted octanol–water partition coefficient (Wildman–Crippen LogP) is -1.19. The van der Waals surface area contributed by atoms with Crippen LogP contribution in [0.25, 0.3) is 0 Å². The number of hydrogen-bond donors (Lipinski definition) is 0. The van der Waals surface area contributed by atoms with Crippen molar-refractivity contribution >= 4 is 22.6 Å². The van der Waals surface area contributed by atoms with Gasteiger partial charge in [0.2, 0.25) is 0 Å². The minimum atomic E-state index is 0. The van der Waals surface area contributed by atoms with E-state index < -0.39 is 0 Å². The largest absolute Gasteiger partial charge is 1.00 e. The minimum Gasteiger partial charge on any atom is -0.854 e. The zero-order valence-corrected chi connectivity index (χ0v) is 16.2.